The van der Waals surface area contributed by atoms with E-state index in [0.717, 1.165) is 38.8 Å². The molecule has 0 spiro atoms. The smallest absolute Gasteiger partial charge is 0.0594 e. The van der Waals surface area contributed by atoms with Crippen LogP contribution in [0.1, 0.15) is 13.3 Å². The molecule has 1 heterocycles. The van der Waals surface area contributed by atoms with Gasteiger partial charge in [-0.3, -0.25) is 4.90 Å². The topological polar surface area (TPSA) is 12.5 Å². The molecule has 2 aliphatic rings. The lowest BCUT2D eigenvalue weighted by atomic mass is 9.93. The first-order valence-electron chi connectivity index (χ1n) is 5.52. The molecule has 1 aliphatic carbocycles. The Balaban J connectivity index is 1.88. The van der Waals surface area contributed by atoms with E-state index < -0.39 is 0 Å². The van der Waals surface area contributed by atoms with Gasteiger partial charge in [0, 0.05) is 19.6 Å². The monoisotopic (exact) mass is 193 g/mol. The van der Waals surface area contributed by atoms with Gasteiger partial charge in [0.25, 0.3) is 0 Å². The Morgan fingerprint density at radius 1 is 1.43 bits per heavy atom. The molecular weight excluding hydrogens is 174 g/mol. The van der Waals surface area contributed by atoms with Crippen molar-refractivity contribution in [3.63, 3.8) is 0 Å². The molecule has 1 fully saturated rings. The molecule has 1 aliphatic heterocycles. The van der Waals surface area contributed by atoms with E-state index in [1.54, 1.807) is 5.57 Å². The highest BCUT2D eigenvalue weighted by molar-refractivity contribution is 5.21. The van der Waals surface area contributed by atoms with Gasteiger partial charge in [0.2, 0.25) is 0 Å². The van der Waals surface area contributed by atoms with E-state index in [4.69, 9.17) is 4.74 Å². The summed E-state index contributed by atoms with van der Waals surface area (Å²) in [6.45, 7) is 7.43. The van der Waals surface area contributed by atoms with Crippen LogP contribution in [-0.4, -0.2) is 37.7 Å². The lowest BCUT2D eigenvalue weighted by molar-refractivity contribution is 0.0413. The number of allylic oxidation sites excluding steroid dienone is 3. The summed E-state index contributed by atoms with van der Waals surface area (Å²) in [5, 5.41) is 0. The molecule has 0 amide bonds. The van der Waals surface area contributed by atoms with Gasteiger partial charge in [0.15, 0.2) is 0 Å². The van der Waals surface area contributed by atoms with Crippen LogP contribution in [0.2, 0.25) is 0 Å². The Morgan fingerprint density at radius 3 is 2.93 bits per heavy atom. The van der Waals surface area contributed by atoms with Gasteiger partial charge < -0.3 is 4.74 Å². The molecule has 0 aromatic heterocycles. The Bertz CT molecular complexity index is 239. The maximum atomic E-state index is 5.34. The molecule has 1 unspecified atom stereocenters. The minimum Gasteiger partial charge on any atom is -0.379 e. The number of hydrogen-bond donors (Lipinski definition) is 0. The molecule has 2 heteroatoms. The third kappa shape index (κ3) is 2.46. The van der Waals surface area contributed by atoms with E-state index in [0.29, 0.717) is 0 Å². The minimum absolute atomic E-state index is 0.725. The first-order valence-corrected chi connectivity index (χ1v) is 5.52. The van der Waals surface area contributed by atoms with E-state index in [2.05, 4.69) is 30.1 Å². The van der Waals surface area contributed by atoms with Gasteiger partial charge in [-0.2, -0.15) is 0 Å². The zero-order valence-corrected chi connectivity index (χ0v) is 8.91. The summed E-state index contributed by atoms with van der Waals surface area (Å²) in [7, 11) is 0. The summed E-state index contributed by atoms with van der Waals surface area (Å²) in [5.74, 6) is 0.725. The number of rotatable bonds is 2. The number of hydrogen-bond acceptors (Lipinski definition) is 2. The van der Waals surface area contributed by atoms with Crippen LogP contribution in [0.15, 0.2) is 23.8 Å². The van der Waals surface area contributed by atoms with Gasteiger partial charge in [-0.1, -0.05) is 30.7 Å². The summed E-state index contributed by atoms with van der Waals surface area (Å²) in [6.07, 6.45) is 7.93. The Morgan fingerprint density at radius 2 is 2.21 bits per heavy atom. The molecule has 0 N–H and O–H groups in total. The molecule has 14 heavy (non-hydrogen) atoms. The zero-order valence-electron chi connectivity index (χ0n) is 8.91. The molecule has 0 saturated carbocycles. The molecule has 0 radical (unpaired) electrons. The highest BCUT2D eigenvalue weighted by Gasteiger charge is 2.15. The lowest BCUT2D eigenvalue weighted by Gasteiger charge is -2.29. The molecule has 78 valence electrons. The normalized spacial score (nSPS) is 28.9. The molecule has 1 atom stereocenters. The highest BCUT2D eigenvalue weighted by atomic mass is 16.5. The van der Waals surface area contributed by atoms with Crippen molar-refractivity contribution in [3.8, 4) is 0 Å². The van der Waals surface area contributed by atoms with Crippen molar-refractivity contribution >= 4 is 0 Å². The molecule has 0 aromatic rings. The average molecular weight is 193 g/mol. The van der Waals surface area contributed by atoms with Crippen molar-refractivity contribution in [1.82, 2.24) is 4.90 Å². The van der Waals surface area contributed by atoms with E-state index in [9.17, 15) is 0 Å². The number of ether oxygens (including phenoxy) is 1. The van der Waals surface area contributed by atoms with Crippen LogP contribution in [-0.2, 0) is 4.74 Å². The predicted molar refractivity (Wildman–Crippen MR) is 58.3 cm³/mol. The first kappa shape index (κ1) is 9.94. The second kappa shape index (κ2) is 4.76. The Kier molecular flexibility index (Phi) is 3.38. The van der Waals surface area contributed by atoms with Crippen LogP contribution in [0, 0.1) is 5.92 Å². The molecule has 0 bridgehead atoms. The maximum absolute atomic E-state index is 5.34. The zero-order chi connectivity index (χ0) is 9.80. The second-order valence-corrected chi connectivity index (χ2v) is 4.20. The average Bonchev–Trinajstić information content (AvgIpc) is 2.23. The van der Waals surface area contributed by atoms with E-state index in [1.807, 2.05) is 0 Å². The van der Waals surface area contributed by atoms with E-state index in [1.165, 1.54) is 6.42 Å². The summed E-state index contributed by atoms with van der Waals surface area (Å²) in [5.41, 5.74) is 1.58. The van der Waals surface area contributed by atoms with Crippen molar-refractivity contribution < 1.29 is 4.74 Å². The van der Waals surface area contributed by atoms with Crippen LogP contribution in [0.3, 0.4) is 0 Å². The van der Waals surface area contributed by atoms with Crippen LogP contribution in [0.4, 0.5) is 0 Å². The fourth-order valence-corrected chi connectivity index (χ4v) is 2.02. The van der Waals surface area contributed by atoms with Crippen molar-refractivity contribution in [2.45, 2.75) is 13.3 Å². The molecule has 2 nitrogen and oxygen atoms in total. The SMILES string of the molecule is CC1CC=CC=C1CN1CCOCC1. The fourth-order valence-electron chi connectivity index (χ4n) is 2.02. The highest BCUT2D eigenvalue weighted by Crippen LogP contribution is 2.20. The molecular formula is C12H19NO. The largest absolute Gasteiger partial charge is 0.379 e. The van der Waals surface area contributed by atoms with Gasteiger partial charge in [-0.25, -0.2) is 0 Å². The second-order valence-electron chi connectivity index (χ2n) is 4.20. The maximum Gasteiger partial charge on any atom is 0.0594 e. The first-order chi connectivity index (χ1) is 6.86. The molecule has 2 rings (SSSR count). The lowest BCUT2D eigenvalue weighted by Crippen LogP contribution is -2.38. The van der Waals surface area contributed by atoms with Gasteiger partial charge in [0.05, 0.1) is 13.2 Å². The number of morpholine rings is 1. The standard InChI is InChI=1S/C12H19NO/c1-11-4-2-3-5-12(11)10-13-6-8-14-9-7-13/h2-3,5,11H,4,6-10H2,1H3. The minimum atomic E-state index is 0.725. The fraction of sp³-hybridized carbons (Fsp3) is 0.667. The third-order valence-corrected chi connectivity index (χ3v) is 3.08. The van der Waals surface area contributed by atoms with Crippen molar-refractivity contribution in [3.05, 3.63) is 23.8 Å². The predicted octanol–water partition coefficient (Wildman–Crippen LogP) is 1.84. The number of nitrogens with zero attached hydrogens (tertiary/aromatic N) is 1. The van der Waals surface area contributed by atoms with Crippen LogP contribution in [0.25, 0.3) is 0 Å². The van der Waals surface area contributed by atoms with Gasteiger partial charge in [-0.15, -0.1) is 0 Å². The summed E-state index contributed by atoms with van der Waals surface area (Å²) in [4.78, 5) is 2.49. The Labute approximate surface area is 86.2 Å². The van der Waals surface area contributed by atoms with Crippen molar-refractivity contribution in [1.29, 1.82) is 0 Å². The van der Waals surface area contributed by atoms with Crippen LogP contribution < -0.4 is 0 Å². The van der Waals surface area contributed by atoms with Crippen LogP contribution >= 0.6 is 0 Å². The molecule has 1 saturated heterocycles. The van der Waals surface area contributed by atoms with Gasteiger partial charge in [-0.05, 0) is 12.3 Å². The van der Waals surface area contributed by atoms with E-state index in [-0.39, 0.29) is 0 Å². The Hall–Kier alpha value is -0.600. The van der Waals surface area contributed by atoms with E-state index >= 15 is 0 Å². The van der Waals surface area contributed by atoms with Gasteiger partial charge >= 0.3 is 0 Å². The molecule has 0 aromatic carbocycles. The summed E-state index contributed by atoms with van der Waals surface area (Å²) >= 11 is 0. The van der Waals surface area contributed by atoms with Crippen molar-refractivity contribution in [2.24, 2.45) is 5.92 Å². The third-order valence-electron chi connectivity index (χ3n) is 3.08. The quantitative estimate of drug-likeness (QED) is 0.663. The summed E-state index contributed by atoms with van der Waals surface area (Å²) < 4.78 is 5.34. The summed E-state index contributed by atoms with van der Waals surface area (Å²) in [6, 6.07) is 0. The van der Waals surface area contributed by atoms with Crippen LogP contribution in [0.5, 0.6) is 0 Å². The van der Waals surface area contributed by atoms with Gasteiger partial charge in [0.1, 0.15) is 0 Å². The van der Waals surface area contributed by atoms with Crippen molar-refractivity contribution in [2.75, 3.05) is 32.8 Å².